The predicted octanol–water partition coefficient (Wildman–Crippen LogP) is 6.35. The Morgan fingerprint density at radius 3 is 2.73 bits per heavy atom. The number of aromatic nitrogens is 1. The fourth-order valence-corrected chi connectivity index (χ4v) is 3.61. The molecule has 0 saturated carbocycles. The normalized spacial score (nSPS) is 10.8. The Labute approximate surface area is 191 Å². The first-order valence-corrected chi connectivity index (χ1v) is 10.5. The molecule has 0 aliphatic heterocycles. The topological polar surface area (TPSA) is 67.2 Å². The molecule has 8 heteroatoms. The summed E-state index contributed by atoms with van der Waals surface area (Å²) in [5.41, 5.74) is 4.21. The van der Waals surface area contributed by atoms with Gasteiger partial charge < -0.3 is 9.73 Å². The van der Waals surface area contributed by atoms with Crippen molar-refractivity contribution in [2.45, 2.75) is 6.92 Å². The van der Waals surface area contributed by atoms with Crippen molar-refractivity contribution in [1.29, 1.82) is 0 Å². The fourth-order valence-electron chi connectivity index (χ4n) is 2.82. The summed E-state index contributed by atoms with van der Waals surface area (Å²) in [6, 6.07) is 18.2. The van der Waals surface area contributed by atoms with Crippen LogP contribution >= 0.6 is 39.7 Å². The molecular weight excluding hydrogens is 486 g/mol. The first-order chi connectivity index (χ1) is 14.4. The van der Waals surface area contributed by atoms with Gasteiger partial charge in [0.15, 0.2) is 10.7 Å². The van der Waals surface area contributed by atoms with Crippen LogP contribution in [0.4, 0.5) is 5.69 Å². The number of carbonyl (C=O) groups is 1. The van der Waals surface area contributed by atoms with E-state index in [2.05, 4.69) is 31.5 Å². The van der Waals surface area contributed by atoms with Crippen molar-refractivity contribution >= 4 is 67.6 Å². The highest BCUT2D eigenvalue weighted by Crippen LogP contribution is 2.27. The second-order valence-electron chi connectivity index (χ2n) is 6.58. The van der Waals surface area contributed by atoms with Crippen molar-refractivity contribution in [2.75, 3.05) is 5.32 Å². The van der Waals surface area contributed by atoms with Crippen LogP contribution in [0.15, 0.2) is 69.6 Å². The number of hydrogen-bond acceptors (Lipinski definition) is 4. The standard InChI is InChI=1S/C22H15BrClN3O2S/c1-12-5-6-13(10-17(12)24)20(28)27-22(30)25-16-7-8-19-18(11-16)26-21(29-19)14-3-2-4-15(23)9-14/h2-11H,1H3,(H2,25,27,28,30). The summed E-state index contributed by atoms with van der Waals surface area (Å²) < 4.78 is 6.78. The van der Waals surface area contributed by atoms with Crippen molar-refractivity contribution in [3.63, 3.8) is 0 Å². The van der Waals surface area contributed by atoms with Gasteiger partial charge in [0.2, 0.25) is 5.89 Å². The van der Waals surface area contributed by atoms with E-state index in [1.165, 1.54) is 0 Å². The molecule has 0 saturated heterocycles. The summed E-state index contributed by atoms with van der Waals surface area (Å²) in [7, 11) is 0. The molecule has 0 spiro atoms. The van der Waals surface area contributed by atoms with Gasteiger partial charge in [-0.15, -0.1) is 0 Å². The molecule has 1 aromatic heterocycles. The zero-order valence-corrected chi connectivity index (χ0v) is 18.9. The lowest BCUT2D eigenvalue weighted by Gasteiger charge is -2.10. The van der Waals surface area contributed by atoms with Gasteiger partial charge in [-0.25, -0.2) is 4.98 Å². The van der Waals surface area contributed by atoms with Crippen molar-refractivity contribution in [3.05, 3.63) is 81.3 Å². The summed E-state index contributed by atoms with van der Waals surface area (Å²) in [5.74, 6) is 0.185. The predicted molar refractivity (Wildman–Crippen MR) is 127 cm³/mol. The SMILES string of the molecule is Cc1ccc(C(=O)NC(=S)Nc2ccc3oc(-c4cccc(Br)c4)nc3c2)cc1Cl. The molecule has 0 unspecified atom stereocenters. The largest absolute Gasteiger partial charge is 0.436 e. The smallest absolute Gasteiger partial charge is 0.257 e. The van der Waals surface area contributed by atoms with E-state index in [0.717, 1.165) is 15.6 Å². The van der Waals surface area contributed by atoms with E-state index in [-0.39, 0.29) is 11.0 Å². The second-order valence-corrected chi connectivity index (χ2v) is 8.32. The maximum Gasteiger partial charge on any atom is 0.257 e. The number of fused-ring (bicyclic) bond motifs is 1. The third-order valence-electron chi connectivity index (χ3n) is 4.38. The Kier molecular flexibility index (Phi) is 5.85. The van der Waals surface area contributed by atoms with Gasteiger partial charge in [0, 0.05) is 26.3 Å². The van der Waals surface area contributed by atoms with Crippen LogP contribution in [0.3, 0.4) is 0 Å². The maximum absolute atomic E-state index is 12.4. The lowest BCUT2D eigenvalue weighted by atomic mass is 10.1. The Morgan fingerprint density at radius 2 is 1.97 bits per heavy atom. The van der Waals surface area contributed by atoms with Gasteiger partial charge in [-0.2, -0.15) is 0 Å². The number of carbonyl (C=O) groups excluding carboxylic acids is 1. The number of aryl methyl sites for hydroxylation is 1. The second kappa shape index (κ2) is 8.55. The minimum Gasteiger partial charge on any atom is -0.436 e. The summed E-state index contributed by atoms with van der Waals surface area (Å²) in [6.07, 6.45) is 0. The van der Waals surface area contributed by atoms with Crippen molar-refractivity contribution < 1.29 is 9.21 Å². The van der Waals surface area contributed by atoms with Gasteiger partial charge in [-0.1, -0.05) is 39.7 Å². The quantitative estimate of drug-likeness (QED) is 0.321. The summed E-state index contributed by atoms with van der Waals surface area (Å²) in [6.45, 7) is 1.87. The van der Waals surface area contributed by atoms with Crippen LogP contribution < -0.4 is 10.6 Å². The number of halogens is 2. The summed E-state index contributed by atoms with van der Waals surface area (Å²) >= 11 is 14.8. The molecule has 0 fully saturated rings. The van der Waals surface area contributed by atoms with Gasteiger partial charge in [0.25, 0.3) is 5.91 Å². The van der Waals surface area contributed by atoms with Crippen LogP contribution in [0, 0.1) is 6.92 Å². The van der Waals surface area contributed by atoms with E-state index in [1.54, 1.807) is 30.3 Å². The Hall–Kier alpha value is -2.74. The molecular formula is C22H15BrClN3O2S. The van der Waals surface area contributed by atoms with E-state index in [1.807, 2.05) is 37.3 Å². The molecule has 0 atom stereocenters. The van der Waals surface area contributed by atoms with Crippen molar-refractivity contribution in [1.82, 2.24) is 10.3 Å². The zero-order chi connectivity index (χ0) is 21.3. The lowest BCUT2D eigenvalue weighted by molar-refractivity contribution is 0.0977. The Morgan fingerprint density at radius 1 is 1.13 bits per heavy atom. The molecule has 30 heavy (non-hydrogen) atoms. The molecule has 1 amide bonds. The van der Waals surface area contributed by atoms with Crippen LogP contribution in [-0.4, -0.2) is 16.0 Å². The van der Waals surface area contributed by atoms with Crippen LogP contribution in [0.25, 0.3) is 22.6 Å². The summed E-state index contributed by atoms with van der Waals surface area (Å²) in [5, 5.41) is 6.35. The lowest BCUT2D eigenvalue weighted by Crippen LogP contribution is -2.34. The highest BCUT2D eigenvalue weighted by molar-refractivity contribution is 9.10. The van der Waals surface area contributed by atoms with E-state index < -0.39 is 0 Å². The van der Waals surface area contributed by atoms with E-state index in [9.17, 15) is 4.79 Å². The number of benzene rings is 3. The molecule has 0 aliphatic rings. The van der Waals surface area contributed by atoms with Gasteiger partial charge in [0.1, 0.15) is 5.52 Å². The summed E-state index contributed by atoms with van der Waals surface area (Å²) in [4.78, 5) is 16.9. The Balaban J connectivity index is 1.48. The van der Waals surface area contributed by atoms with Gasteiger partial charge >= 0.3 is 0 Å². The number of amides is 1. The third kappa shape index (κ3) is 4.53. The monoisotopic (exact) mass is 499 g/mol. The molecule has 2 N–H and O–H groups in total. The van der Waals surface area contributed by atoms with Gasteiger partial charge in [0.05, 0.1) is 0 Å². The third-order valence-corrected chi connectivity index (χ3v) is 5.48. The molecule has 0 aliphatic carbocycles. The molecule has 0 bridgehead atoms. The molecule has 0 radical (unpaired) electrons. The fraction of sp³-hybridized carbons (Fsp3) is 0.0455. The van der Waals surface area contributed by atoms with E-state index >= 15 is 0 Å². The van der Waals surface area contributed by atoms with Crippen molar-refractivity contribution in [3.8, 4) is 11.5 Å². The number of thiocarbonyl (C=S) groups is 1. The molecule has 1 heterocycles. The average molecular weight is 501 g/mol. The number of hydrogen-bond donors (Lipinski definition) is 2. The molecule has 4 aromatic rings. The number of nitrogens with zero attached hydrogens (tertiary/aromatic N) is 1. The maximum atomic E-state index is 12.4. The first-order valence-electron chi connectivity index (χ1n) is 8.94. The number of anilines is 1. The minimum absolute atomic E-state index is 0.173. The highest BCUT2D eigenvalue weighted by atomic mass is 79.9. The molecule has 150 valence electrons. The van der Waals surface area contributed by atoms with Crippen LogP contribution in [0.2, 0.25) is 5.02 Å². The van der Waals surface area contributed by atoms with Crippen LogP contribution in [0.1, 0.15) is 15.9 Å². The van der Waals surface area contributed by atoms with Gasteiger partial charge in [-0.05, 0) is 73.2 Å². The van der Waals surface area contributed by atoms with Crippen molar-refractivity contribution in [2.24, 2.45) is 0 Å². The molecule has 3 aromatic carbocycles. The van der Waals surface area contributed by atoms with E-state index in [0.29, 0.717) is 33.3 Å². The number of rotatable bonds is 3. The first kappa shape index (κ1) is 20.5. The van der Waals surface area contributed by atoms with Gasteiger partial charge in [-0.3, -0.25) is 10.1 Å². The van der Waals surface area contributed by atoms with Crippen LogP contribution in [0.5, 0.6) is 0 Å². The molecule has 5 nitrogen and oxygen atoms in total. The number of nitrogens with one attached hydrogen (secondary N) is 2. The number of oxazole rings is 1. The Bertz CT molecular complexity index is 1290. The molecule has 4 rings (SSSR count). The average Bonchev–Trinajstić information content (AvgIpc) is 3.13. The highest BCUT2D eigenvalue weighted by Gasteiger charge is 2.12. The zero-order valence-electron chi connectivity index (χ0n) is 15.7. The van der Waals surface area contributed by atoms with E-state index in [4.69, 9.17) is 28.2 Å². The van der Waals surface area contributed by atoms with Crippen LogP contribution in [-0.2, 0) is 0 Å². The minimum atomic E-state index is -0.339.